The van der Waals surface area contributed by atoms with Gasteiger partial charge in [-0.2, -0.15) is 0 Å². The molecule has 2 heterocycles. The Morgan fingerprint density at radius 3 is 3.13 bits per heavy atom. The van der Waals surface area contributed by atoms with Crippen molar-refractivity contribution in [3.8, 4) is 0 Å². The minimum Gasteiger partial charge on any atom is -0.319 e. The van der Waals surface area contributed by atoms with Crippen LogP contribution in [0.1, 0.15) is 16.7 Å². The number of hydrogen-bond acceptors (Lipinski definition) is 3. The van der Waals surface area contributed by atoms with Gasteiger partial charge in [0.1, 0.15) is 0 Å². The number of nitrogens with one attached hydrogen (secondary N) is 1. The largest absolute Gasteiger partial charge is 0.319 e. The van der Waals surface area contributed by atoms with Gasteiger partial charge in [0.25, 0.3) is 0 Å². The van der Waals surface area contributed by atoms with Crippen molar-refractivity contribution in [2.75, 3.05) is 27.2 Å². The van der Waals surface area contributed by atoms with Crippen LogP contribution in [0, 0.1) is 0 Å². The van der Waals surface area contributed by atoms with Crippen molar-refractivity contribution < 1.29 is 0 Å². The van der Waals surface area contributed by atoms with E-state index in [1.165, 1.54) is 24.1 Å². The molecular formula is C12H19N3. The van der Waals surface area contributed by atoms with Crippen molar-refractivity contribution in [2.45, 2.75) is 19.4 Å². The van der Waals surface area contributed by atoms with Crippen LogP contribution in [0.4, 0.5) is 0 Å². The van der Waals surface area contributed by atoms with Crippen LogP contribution in [-0.4, -0.2) is 37.1 Å². The molecule has 3 nitrogen and oxygen atoms in total. The lowest BCUT2D eigenvalue weighted by Gasteiger charge is -2.26. The van der Waals surface area contributed by atoms with Gasteiger partial charge < -0.3 is 10.2 Å². The Balaban J connectivity index is 2.21. The first kappa shape index (κ1) is 10.6. The molecule has 0 saturated heterocycles. The third-order valence-corrected chi connectivity index (χ3v) is 3.06. The van der Waals surface area contributed by atoms with Crippen LogP contribution in [0.15, 0.2) is 12.4 Å². The molecule has 1 aliphatic rings. The lowest BCUT2D eigenvalue weighted by atomic mass is 9.96. The van der Waals surface area contributed by atoms with Gasteiger partial charge in [0.15, 0.2) is 0 Å². The second-order valence-corrected chi connectivity index (χ2v) is 4.28. The van der Waals surface area contributed by atoms with Crippen molar-refractivity contribution in [3.63, 3.8) is 0 Å². The fourth-order valence-electron chi connectivity index (χ4n) is 2.18. The van der Waals surface area contributed by atoms with Crippen molar-refractivity contribution in [3.05, 3.63) is 29.1 Å². The van der Waals surface area contributed by atoms with Crippen molar-refractivity contribution in [2.24, 2.45) is 0 Å². The highest BCUT2D eigenvalue weighted by molar-refractivity contribution is 5.34. The molecule has 3 heteroatoms. The van der Waals surface area contributed by atoms with E-state index in [0.717, 1.165) is 19.5 Å². The molecule has 0 aromatic carbocycles. The third kappa shape index (κ3) is 2.36. The van der Waals surface area contributed by atoms with Crippen LogP contribution in [0.2, 0.25) is 0 Å². The second-order valence-electron chi connectivity index (χ2n) is 4.28. The molecule has 1 N–H and O–H groups in total. The highest BCUT2D eigenvalue weighted by Crippen LogP contribution is 2.20. The molecule has 0 fully saturated rings. The van der Waals surface area contributed by atoms with Crippen molar-refractivity contribution in [1.82, 2.24) is 15.2 Å². The van der Waals surface area contributed by atoms with Crippen LogP contribution in [0.5, 0.6) is 0 Å². The predicted molar refractivity (Wildman–Crippen MR) is 61.9 cm³/mol. The molecule has 0 atom stereocenters. The number of aromatic nitrogens is 1. The van der Waals surface area contributed by atoms with Gasteiger partial charge in [0, 0.05) is 25.5 Å². The number of nitrogens with zero attached hydrogens (tertiary/aromatic N) is 2. The van der Waals surface area contributed by atoms with Gasteiger partial charge in [0.2, 0.25) is 0 Å². The number of pyridine rings is 1. The van der Waals surface area contributed by atoms with E-state index in [1.54, 1.807) is 5.56 Å². The Labute approximate surface area is 91.5 Å². The molecule has 1 aliphatic heterocycles. The molecule has 1 aromatic rings. The van der Waals surface area contributed by atoms with Gasteiger partial charge in [-0.3, -0.25) is 4.98 Å². The average molecular weight is 205 g/mol. The minimum absolute atomic E-state index is 1.04. The molecule has 0 bridgehead atoms. The minimum atomic E-state index is 1.04. The zero-order chi connectivity index (χ0) is 10.7. The van der Waals surface area contributed by atoms with E-state index in [4.69, 9.17) is 0 Å². The lowest BCUT2D eigenvalue weighted by Crippen LogP contribution is -2.28. The van der Waals surface area contributed by atoms with Crippen molar-refractivity contribution >= 4 is 0 Å². The third-order valence-electron chi connectivity index (χ3n) is 3.06. The van der Waals surface area contributed by atoms with Crippen LogP contribution in [0.3, 0.4) is 0 Å². The first-order chi connectivity index (χ1) is 7.31. The fourth-order valence-corrected chi connectivity index (χ4v) is 2.18. The van der Waals surface area contributed by atoms with Gasteiger partial charge in [-0.25, -0.2) is 0 Å². The summed E-state index contributed by atoms with van der Waals surface area (Å²) in [5, 5.41) is 3.19. The first-order valence-corrected chi connectivity index (χ1v) is 5.59. The van der Waals surface area contributed by atoms with E-state index in [0.29, 0.717) is 0 Å². The quantitative estimate of drug-likeness (QED) is 0.792. The van der Waals surface area contributed by atoms with E-state index in [2.05, 4.69) is 22.2 Å². The molecule has 1 aromatic heterocycles. The molecule has 82 valence electrons. The summed E-state index contributed by atoms with van der Waals surface area (Å²) in [6.45, 7) is 3.26. The smallest absolute Gasteiger partial charge is 0.0315 e. The van der Waals surface area contributed by atoms with E-state index in [9.17, 15) is 0 Å². The molecule has 0 radical (unpaired) electrons. The van der Waals surface area contributed by atoms with Gasteiger partial charge in [-0.05, 0) is 50.2 Å². The second kappa shape index (κ2) is 4.73. The van der Waals surface area contributed by atoms with Gasteiger partial charge >= 0.3 is 0 Å². The standard InChI is InChI=1S/C12H19N3/c1-13-5-3-10-7-14-8-11-9-15(2)6-4-12(10)11/h7-8,13H,3-6,9H2,1-2H3. The van der Waals surface area contributed by atoms with E-state index in [1.807, 2.05) is 19.4 Å². The topological polar surface area (TPSA) is 28.2 Å². The maximum Gasteiger partial charge on any atom is 0.0315 e. The molecular weight excluding hydrogens is 186 g/mol. The molecule has 15 heavy (non-hydrogen) atoms. The summed E-state index contributed by atoms with van der Waals surface area (Å²) in [5.74, 6) is 0. The summed E-state index contributed by atoms with van der Waals surface area (Å²) in [6.07, 6.45) is 6.32. The molecule has 0 saturated carbocycles. The Bertz CT molecular complexity index is 336. The highest BCUT2D eigenvalue weighted by atomic mass is 15.1. The summed E-state index contributed by atoms with van der Waals surface area (Å²) in [6, 6.07) is 0. The van der Waals surface area contributed by atoms with E-state index < -0.39 is 0 Å². The maximum absolute atomic E-state index is 4.33. The van der Waals surface area contributed by atoms with Crippen molar-refractivity contribution in [1.29, 1.82) is 0 Å². The van der Waals surface area contributed by atoms with Gasteiger partial charge in [-0.1, -0.05) is 0 Å². The molecule has 2 rings (SSSR count). The first-order valence-electron chi connectivity index (χ1n) is 5.59. The number of likely N-dealkylation sites (N-methyl/N-ethyl adjacent to an activating group) is 2. The zero-order valence-corrected chi connectivity index (χ0v) is 9.58. The Hall–Kier alpha value is -0.930. The van der Waals surface area contributed by atoms with Crippen LogP contribution in [-0.2, 0) is 19.4 Å². The van der Waals surface area contributed by atoms with E-state index >= 15 is 0 Å². The molecule has 0 amide bonds. The predicted octanol–water partition coefficient (Wildman–Crippen LogP) is 0.831. The monoisotopic (exact) mass is 205 g/mol. The number of rotatable bonds is 3. The Morgan fingerprint density at radius 1 is 1.47 bits per heavy atom. The number of fused-ring (bicyclic) bond motifs is 1. The van der Waals surface area contributed by atoms with Gasteiger partial charge in [-0.15, -0.1) is 0 Å². The average Bonchev–Trinajstić information content (AvgIpc) is 2.25. The van der Waals surface area contributed by atoms with E-state index in [-0.39, 0.29) is 0 Å². The summed E-state index contributed by atoms with van der Waals surface area (Å²) in [4.78, 5) is 6.68. The highest BCUT2D eigenvalue weighted by Gasteiger charge is 2.15. The molecule has 0 aliphatic carbocycles. The fraction of sp³-hybridized carbons (Fsp3) is 0.583. The Morgan fingerprint density at radius 2 is 2.33 bits per heavy atom. The SMILES string of the molecule is CNCCc1cncc2c1CCN(C)C2. The molecule has 0 spiro atoms. The summed E-state index contributed by atoms with van der Waals surface area (Å²) in [5.41, 5.74) is 4.38. The van der Waals surface area contributed by atoms with Crippen LogP contribution < -0.4 is 5.32 Å². The maximum atomic E-state index is 4.33. The summed E-state index contributed by atoms with van der Waals surface area (Å²) < 4.78 is 0. The van der Waals surface area contributed by atoms with Gasteiger partial charge in [0.05, 0.1) is 0 Å². The lowest BCUT2D eigenvalue weighted by molar-refractivity contribution is 0.311. The Kier molecular flexibility index (Phi) is 3.34. The summed E-state index contributed by atoms with van der Waals surface area (Å²) >= 11 is 0. The summed E-state index contributed by atoms with van der Waals surface area (Å²) in [7, 11) is 4.17. The van der Waals surface area contributed by atoms with Crippen LogP contribution in [0.25, 0.3) is 0 Å². The molecule has 0 unspecified atom stereocenters. The normalized spacial score (nSPS) is 16.4. The zero-order valence-electron chi connectivity index (χ0n) is 9.58. The van der Waals surface area contributed by atoms with Crippen LogP contribution >= 0.6 is 0 Å². The number of hydrogen-bond donors (Lipinski definition) is 1.